The van der Waals surface area contributed by atoms with Crippen LogP contribution in [-0.2, 0) is 26.0 Å². The Morgan fingerprint density at radius 2 is 1.70 bits per heavy atom. The number of aryl methyl sites for hydroxylation is 1. The average molecular weight is 394 g/mol. The Kier molecular flexibility index (Phi) is 6.16. The summed E-state index contributed by atoms with van der Waals surface area (Å²) in [6.07, 6.45) is 4.37. The number of carboxylic acid groups (broad SMARTS) is 1. The van der Waals surface area contributed by atoms with Crippen LogP contribution in [0.3, 0.4) is 0 Å². The van der Waals surface area contributed by atoms with E-state index in [9.17, 15) is 18.0 Å². The Labute approximate surface area is 159 Å². The number of carboxylic acids is 1. The maximum atomic E-state index is 12.4. The van der Waals surface area contributed by atoms with Crippen molar-refractivity contribution in [3.05, 3.63) is 29.8 Å². The van der Waals surface area contributed by atoms with Crippen LogP contribution in [0.5, 0.6) is 0 Å². The first-order valence-corrected chi connectivity index (χ1v) is 10.9. The summed E-state index contributed by atoms with van der Waals surface area (Å²) >= 11 is 0. The second kappa shape index (κ2) is 8.39. The minimum atomic E-state index is -3.44. The number of carbonyl (C=O) groups excluding carboxylic acids is 1. The van der Waals surface area contributed by atoms with Gasteiger partial charge in [0.2, 0.25) is 15.9 Å². The predicted octanol–water partition coefficient (Wildman–Crippen LogP) is 1.77. The minimum absolute atomic E-state index is 0.0656. The summed E-state index contributed by atoms with van der Waals surface area (Å²) in [4.78, 5) is 25.2. The molecule has 0 unspecified atom stereocenters. The molecule has 2 N–H and O–H groups in total. The number of sulfonamides is 1. The lowest BCUT2D eigenvalue weighted by atomic mass is 9.93. The zero-order valence-corrected chi connectivity index (χ0v) is 16.1. The summed E-state index contributed by atoms with van der Waals surface area (Å²) in [5.41, 5.74) is 0.925. The summed E-state index contributed by atoms with van der Waals surface area (Å²) in [7, 11) is -3.44. The summed E-state index contributed by atoms with van der Waals surface area (Å²) in [6.45, 7) is 1.22. The van der Waals surface area contributed by atoms with E-state index in [1.807, 2.05) is 0 Å². The van der Waals surface area contributed by atoms with Crippen molar-refractivity contribution in [3.63, 3.8) is 0 Å². The van der Waals surface area contributed by atoms with E-state index in [2.05, 4.69) is 4.72 Å². The minimum Gasteiger partial charge on any atom is -0.481 e. The van der Waals surface area contributed by atoms with Crippen molar-refractivity contribution >= 4 is 21.9 Å². The van der Waals surface area contributed by atoms with E-state index < -0.39 is 16.0 Å². The summed E-state index contributed by atoms with van der Waals surface area (Å²) < 4.78 is 27.0. The average Bonchev–Trinajstić information content (AvgIpc) is 3.43. The van der Waals surface area contributed by atoms with Gasteiger partial charge in [-0.25, -0.2) is 13.1 Å². The van der Waals surface area contributed by atoms with Gasteiger partial charge in [-0.1, -0.05) is 12.1 Å². The summed E-state index contributed by atoms with van der Waals surface area (Å²) in [5.74, 6) is -0.557. The SMILES string of the molecule is O=C(O)CC1CCN(C(=O)CCc2ccc(S(=O)(=O)NC3CC3)cc2)CC1. The molecule has 2 aliphatic rings. The molecule has 27 heavy (non-hydrogen) atoms. The molecule has 0 spiro atoms. The molecule has 0 atom stereocenters. The van der Waals surface area contributed by atoms with Crippen LogP contribution in [0.1, 0.15) is 44.1 Å². The quantitative estimate of drug-likeness (QED) is 0.699. The third-order valence-electron chi connectivity index (χ3n) is 5.19. The van der Waals surface area contributed by atoms with Crippen LogP contribution in [0.4, 0.5) is 0 Å². The molecular weight excluding hydrogens is 368 g/mol. The highest BCUT2D eigenvalue weighted by atomic mass is 32.2. The largest absolute Gasteiger partial charge is 0.481 e. The third kappa shape index (κ3) is 5.77. The number of likely N-dealkylation sites (tertiary alicyclic amines) is 1. The second-order valence-electron chi connectivity index (χ2n) is 7.46. The number of rotatable bonds is 8. The molecule has 8 heteroatoms. The zero-order chi connectivity index (χ0) is 19.4. The van der Waals surface area contributed by atoms with Gasteiger partial charge in [-0.2, -0.15) is 0 Å². The van der Waals surface area contributed by atoms with E-state index >= 15 is 0 Å². The Morgan fingerprint density at radius 1 is 1.07 bits per heavy atom. The van der Waals surface area contributed by atoms with Crippen LogP contribution in [0.25, 0.3) is 0 Å². The summed E-state index contributed by atoms with van der Waals surface area (Å²) in [5, 5.41) is 8.84. The number of amides is 1. The van der Waals surface area contributed by atoms with Crippen molar-refractivity contribution in [1.29, 1.82) is 0 Å². The zero-order valence-electron chi connectivity index (χ0n) is 15.3. The van der Waals surface area contributed by atoms with Gasteiger partial charge in [0, 0.05) is 32.0 Å². The third-order valence-corrected chi connectivity index (χ3v) is 6.73. The molecule has 0 aromatic heterocycles. The number of aliphatic carboxylic acids is 1. The summed E-state index contributed by atoms with van der Waals surface area (Å²) in [6, 6.07) is 6.76. The lowest BCUT2D eigenvalue weighted by molar-refractivity contribution is -0.138. The van der Waals surface area contributed by atoms with E-state index in [4.69, 9.17) is 5.11 Å². The van der Waals surface area contributed by atoms with E-state index in [-0.39, 0.29) is 29.2 Å². The molecule has 1 aliphatic carbocycles. The fourth-order valence-electron chi connectivity index (χ4n) is 3.37. The van der Waals surface area contributed by atoms with Crippen molar-refractivity contribution in [3.8, 4) is 0 Å². The van der Waals surface area contributed by atoms with Crippen molar-refractivity contribution in [2.45, 2.75) is 55.9 Å². The van der Waals surface area contributed by atoms with Crippen molar-refractivity contribution in [1.82, 2.24) is 9.62 Å². The van der Waals surface area contributed by atoms with Crippen LogP contribution in [0, 0.1) is 5.92 Å². The normalized spacial score (nSPS) is 18.4. The topological polar surface area (TPSA) is 104 Å². The first-order valence-electron chi connectivity index (χ1n) is 9.44. The van der Waals surface area contributed by atoms with E-state index in [0.29, 0.717) is 25.9 Å². The van der Waals surface area contributed by atoms with Gasteiger partial charge in [0.25, 0.3) is 0 Å². The predicted molar refractivity (Wildman–Crippen MR) is 99.7 cm³/mol. The molecule has 1 amide bonds. The fraction of sp³-hybridized carbons (Fsp3) is 0.579. The van der Waals surface area contributed by atoms with E-state index in [1.54, 1.807) is 29.2 Å². The number of hydrogen-bond donors (Lipinski definition) is 2. The van der Waals surface area contributed by atoms with Crippen LogP contribution >= 0.6 is 0 Å². The maximum absolute atomic E-state index is 12.4. The number of carbonyl (C=O) groups is 2. The highest BCUT2D eigenvalue weighted by Crippen LogP contribution is 2.23. The molecule has 0 bridgehead atoms. The lowest BCUT2D eigenvalue weighted by Gasteiger charge is -2.31. The van der Waals surface area contributed by atoms with Crippen molar-refractivity contribution < 1.29 is 23.1 Å². The number of benzene rings is 1. The number of hydrogen-bond acceptors (Lipinski definition) is 4. The molecule has 1 saturated carbocycles. The van der Waals surface area contributed by atoms with Crippen LogP contribution in [0.2, 0.25) is 0 Å². The molecule has 7 nitrogen and oxygen atoms in total. The number of nitrogens with zero attached hydrogens (tertiary/aromatic N) is 1. The van der Waals surface area contributed by atoms with Crippen molar-refractivity contribution in [2.24, 2.45) is 5.92 Å². The fourth-order valence-corrected chi connectivity index (χ4v) is 4.67. The number of piperidine rings is 1. The molecule has 1 aromatic carbocycles. The second-order valence-corrected chi connectivity index (χ2v) is 9.18. The van der Waals surface area contributed by atoms with E-state index in [1.165, 1.54) is 0 Å². The van der Waals surface area contributed by atoms with Gasteiger partial charge >= 0.3 is 5.97 Å². The van der Waals surface area contributed by atoms with E-state index in [0.717, 1.165) is 31.2 Å². The molecule has 2 fully saturated rings. The van der Waals surface area contributed by atoms with Crippen LogP contribution in [-0.4, -0.2) is 49.4 Å². The first-order chi connectivity index (χ1) is 12.8. The Bertz CT molecular complexity index is 779. The van der Waals surface area contributed by atoms with Gasteiger partial charge in [-0.3, -0.25) is 9.59 Å². The molecule has 1 saturated heterocycles. The monoisotopic (exact) mass is 394 g/mol. The van der Waals surface area contributed by atoms with Crippen LogP contribution in [0.15, 0.2) is 29.2 Å². The van der Waals surface area contributed by atoms with Gasteiger partial charge in [-0.05, 0) is 55.7 Å². The molecule has 1 aromatic rings. The van der Waals surface area contributed by atoms with Crippen molar-refractivity contribution in [2.75, 3.05) is 13.1 Å². The Balaban J connectivity index is 1.46. The molecule has 148 valence electrons. The smallest absolute Gasteiger partial charge is 0.303 e. The van der Waals surface area contributed by atoms with Gasteiger partial charge < -0.3 is 10.0 Å². The highest BCUT2D eigenvalue weighted by Gasteiger charge is 2.28. The Morgan fingerprint density at radius 3 is 2.26 bits per heavy atom. The molecule has 0 radical (unpaired) electrons. The number of nitrogens with one attached hydrogen (secondary N) is 1. The Hall–Kier alpha value is -1.93. The highest BCUT2D eigenvalue weighted by molar-refractivity contribution is 7.89. The standard InChI is InChI=1S/C19H26N2O5S/c22-18(21-11-9-15(10-12-21)13-19(23)24)8-3-14-1-6-17(7-2-14)27(25,26)20-16-4-5-16/h1-2,6-7,15-16,20H,3-5,8-13H2,(H,23,24). The van der Waals surface area contributed by atoms with Gasteiger partial charge in [0.05, 0.1) is 4.90 Å². The first kappa shape index (κ1) is 19.8. The van der Waals surface area contributed by atoms with Gasteiger partial charge in [-0.15, -0.1) is 0 Å². The molecule has 3 rings (SSSR count). The van der Waals surface area contributed by atoms with Crippen LogP contribution < -0.4 is 4.72 Å². The maximum Gasteiger partial charge on any atom is 0.303 e. The molecule has 1 heterocycles. The molecule has 1 aliphatic heterocycles. The van der Waals surface area contributed by atoms with Gasteiger partial charge in [0.15, 0.2) is 0 Å². The lowest BCUT2D eigenvalue weighted by Crippen LogP contribution is -2.39. The molecular formula is C19H26N2O5S. The van der Waals surface area contributed by atoms with Gasteiger partial charge in [0.1, 0.15) is 0 Å².